The molecule has 0 amide bonds. The number of rotatable bonds is 10. The van der Waals surface area contributed by atoms with Crippen molar-refractivity contribution in [2.75, 3.05) is 37.7 Å². The fraction of sp³-hybridized carbons (Fsp3) is 0.957. The third-order valence-corrected chi connectivity index (χ3v) is 21.9. The lowest BCUT2D eigenvalue weighted by molar-refractivity contribution is -0.249. The second kappa shape index (κ2) is 13.6. The number of sulfone groups is 1. The first-order valence-electron chi connectivity index (χ1n) is 22.8. The highest BCUT2D eigenvalue weighted by atomic mass is 32.2. The Morgan fingerprint density at radius 1 is 0.786 bits per heavy atom. The van der Waals surface area contributed by atoms with Crippen molar-refractivity contribution in [3.8, 4) is 0 Å². The molecule has 10 heteroatoms. The third-order valence-electron chi connectivity index (χ3n) is 20.3. The second-order valence-electron chi connectivity index (χ2n) is 23.4. The number of carbonyl (C=O) groups excluding carboxylic acids is 1. The highest BCUT2D eigenvalue weighted by Crippen LogP contribution is 2.77. The Hall–Kier alpha value is -1.23. The van der Waals surface area contributed by atoms with E-state index in [1.165, 1.54) is 64.2 Å². The standard InChI is InChI=1S/C46H76N2O7S/c1-40(2)32(38(50)51)25-33(40)39(52)55-36-13-14-43(6)34(41(36,3)4)12-15-45(8)35(43)10-9-31-37-29(26-42(5)17-18-42)11-16-46(37,20-19-44(31,45)7)47-27-30(28-49)48-21-23-56(53,54)24-22-48/h29-37,47,49H,9-28H2,1-8H3,(H,50,51)/t29-,30+,31+,32-,33+,34-,35+,36-,37+,43-,44+,45+,46-/m0/s1. The highest BCUT2D eigenvalue weighted by Gasteiger charge is 2.71. The number of hydrogen-bond acceptors (Lipinski definition) is 8. The molecule has 3 N–H and O–H groups in total. The average Bonchev–Trinajstić information content (AvgIpc) is 3.74. The highest BCUT2D eigenvalue weighted by molar-refractivity contribution is 7.91. The van der Waals surface area contributed by atoms with Crippen LogP contribution in [0.2, 0.25) is 0 Å². The van der Waals surface area contributed by atoms with Crippen LogP contribution in [-0.4, -0.2) is 90.9 Å². The lowest BCUT2D eigenvalue weighted by Gasteiger charge is -2.73. The molecule has 56 heavy (non-hydrogen) atoms. The number of aliphatic carboxylic acids is 1. The summed E-state index contributed by atoms with van der Waals surface area (Å²) in [5.74, 6) is 1.58. The molecule has 1 heterocycles. The molecule has 0 bridgehead atoms. The number of aliphatic hydroxyl groups excluding tert-OH is 1. The monoisotopic (exact) mass is 801 g/mol. The van der Waals surface area contributed by atoms with Crippen LogP contribution in [0.1, 0.15) is 145 Å². The number of nitrogens with zero attached hydrogens (tertiary/aromatic N) is 1. The van der Waals surface area contributed by atoms with Crippen molar-refractivity contribution in [2.45, 2.75) is 163 Å². The molecule has 0 aromatic carbocycles. The Morgan fingerprint density at radius 2 is 1.48 bits per heavy atom. The zero-order chi connectivity index (χ0) is 40.5. The van der Waals surface area contributed by atoms with E-state index in [1.807, 2.05) is 13.8 Å². The minimum absolute atomic E-state index is 0.0517. The predicted octanol–water partition coefficient (Wildman–Crippen LogP) is 7.35. The van der Waals surface area contributed by atoms with Gasteiger partial charge < -0.3 is 20.3 Å². The van der Waals surface area contributed by atoms with E-state index in [0.717, 1.165) is 31.7 Å². The molecular weight excluding hydrogens is 725 g/mol. The summed E-state index contributed by atoms with van der Waals surface area (Å²) in [6, 6.07) is -0.0584. The summed E-state index contributed by atoms with van der Waals surface area (Å²) in [5.41, 5.74) is 0.435. The van der Waals surface area contributed by atoms with Crippen molar-refractivity contribution >= 4 is 21.8 Å². The zero-order valence-corrected chi connectivity index (χ0v) is 36.9. The summed E-state index contributed by atoms with van der Waals surface area (Å²) < 4.78 is 30.9. The van der Waals surface area contributed by atoms with Crippen LogP contribution in [0, 0.1) is 73.9 Å². The summed E-state index contributed by atoms with van der Waals surface area (Å²) in [6.45, 7) is 20.9. The summed E-state index contributed by atoms with van der Waals surface area (Å²) >= 11 is 0. The van der Waals surface area contributed by atoms with E-state index in [2.05, 4.69) is 51.8 Å². The van der Waals surface area contributed by atoms with E-state index in [4.69, 9.17) is 4.74 Å². The molecule has 13 atom stereocenters. The van der Waals surface area contributed by atoms with E-state index >= 15 is 0 Å². The largest absolute Gasteiger partial charge is 0.481 e. The minimum atomic E-state index is -2.98. The van der Waals surface area contributed by atoms with Crippen molar-refractivity contribution in [1.82, 2.24) is 10.2 Å². The average molecular weight is 801 g/mol. The zero-order valence-electron chi connectivity index (χ0n) is 36.1. The van der Waals surface area contributed by atoms with Gasteiger partial charge in [-0.3, -0.25) is 14.5 Å². The SMILES string of the molecule is CC1(C[C@@H]2CC[C@]3(NC[C@H](CO)N4CCS(=O)(=O)CC4)CC[C@]4(C)[C@H](CC[C@@H]5[C@@]6(C)CC[C@H](OC(=O)[C@H]7C[C@@H](C(=O)O)C7(C)C)C(C)(C)[C@@H]6CC[C@]54C)[C@@H]23)CC1. The van der Waals surface area contributed by atoms with Gasteiger partial charge in [0.1, 0.15) is 6.10 Å². The van der Waals surface area contributed by atoms with Gasteiger partial charge in [0.15, 0.2) is 9.84 Å². The van der Waals surface area contributed by atoms with Crippen molar-refractivity contribution < 1.29 is 33.0 Å². The van der Waals surface area contributed by atoms with E-state index in [1.54, 1.807) is 0 Å². The summed E-state index contributed by atoms with van der Waals surface area (Å²) in [6.07, 6.45) is 16.0. The van der Waals surface area contributed by atoms with Gasteiger partial charge in [0, 0.05) is 36.6 Å². The molecule has 1 aliphatic heterocycles. The van der Waals surface area contributed by atoms with Crippen LogP contribution in [0.4, 0.5) is 0 Å². The van der Waals surface area contributed by atoms with Gasteiger partial charge in [0.05, 0.1) is 29.9 Å². The van der Waals surface area contributed by atoms with Gasteiger partial charge in [-0.1, -0.05) is 55.4 Å². The van der Waals surface area contributed by atoms with Crippen LogP contribution >= 0.6 is 0 Å². The quantitative estimate of drug-likeness (QED) is 0.194. The topological polar surface area (TPSA) is 133 Å². The van der Waals surface area contributed by atoms with Crippen molar-refractivity contribution in [3.05, 3.63) is 0 Å². The van der Waals surface area contributed by atoms with Gasteiger partial charge in [0.25, 0.3) is 0 Å². The molecule has 0 unspecified atom stereocenters. The van der Waals surface area contributed by atoms with Gasteiger partial charge >= 0.3 is 11.9 Å². The first-order valence-corrected chi connectivity index (χ1v) is 24.6. The third kappa shape index (κ3) is 6.31. The summed E-state index contributed by atoms with van der Waals surface area (Å²) in [7, 11) is -2.98. The van der Waals surface area contributed by atoms with Gasteiger partial charge in [0.2, 0.25) is 0 Å². The number of esters is 1. The van der Waals surface area contributed by atoms with Crippen LogP contribution in [0.15, 0.2) is 0 Å². The van der Waals surface area contributed by atoms with E-state index in [9.17, 15) is 28.2 Å². The van der Waals surface area contributed by atoms with Crippen LogP contribution in [-0.2, 0) is 24.2 Å². The number of ether oxygens (including phenoxy) is 1. The fourth-order valence-electron chi connectivity index (χ4n) is 16.2. The van der Waals surface area contributed by atoms with Crippen LogP contribution in [0.25, 0.3) is 0 Å². The molecule has 7 aliphatic carbocycles. The molecule has 8 aliphatic rings. The van der Waals surface area contributed by atoms with Gasteiger partial charge in [-0.25, -0.2) is 8.42 Å². The van der Waals surface area contributed by atoms with Crippen LogP contribution in [0.5, 0.6) is 0 Å². The van der Waals surface area contributed by atoms with Crippen LogP contribution in [0.3, 0.4) is 0 Å². The first kappa shape index (κ1) is 41.5. The molecule has 1 saturated heterocycles. The Kier molecular flexibility index (Phi) is 10.1. The number of carbonyl (C=O) groups is 2. The maximum atomic E-state index is 13.7. The predicted molar refractivity (Wildman–Crippen MR) is 218 cm³/mol. The maximum Gasteiger partial charge on any atom is 0.309 e. The summed E-state index contributed by atoms with van der Waals surface area (Å²) in [4.78, 5) is 27.7. The molecular formula is C46H76N2O7S. The van der Waals surface area contributed by atoms with Crippen molar-refractivity contribution in [1.29, 1.82) is 0 Å². The Morgan fingerprint density at radius 3 is 2.11 bits per heavy atom. The molecule has 318 valence electrons. The Labute approximate surface area is 338 Å². The lowest BCUT2D eigenvalue weighted by atomic mass is 9.32. The van der Waals surface area contributed by atoms with Gasteiger partial charge in [-0.05, 0) is 147 Å². The summed E-state index contributed by atoms with van der Waals surface area (Å²) in [5, 5.41) is 24.5. The van der Waals surface area contributed by atoms with Crippen molar-refractivity contribution in [2.24, 2.45) is 73.9 Å². The number of hydrogen-bond donors (Lipinski definition) is 3. The molecule has 0 aromatic rings. The maximum absolute atomic E-state index is 13.7. The number of carboxylic acids is 1. The fourth-order valence-corrected chi connectivity index (χ4v) is 17.4. The first-order chi connectivity index (χ1) is 26.1. The van der Waals surface area contributed by atoms with Crippen molar-refractivity contribution in [3.63, 3.8) is 0 Å². The van der Waals surface area contributed by atoms with Gasteiger partial charge in [-0.15, -0.1) is 0 Å². The van der Waals surface area contributed by atoms with Gasteiger partial charge in [-0.2, -0.15) is 0 Å². The smallest absolute Gasteiger partial charge is 0.309 e. The lowest BCUT2D eigenvalue weighted by Crippen LogP contribution is -2.69. The molecule has 7 saturated carbocycles. The normalized spacial score (nSPS) is 47.5. The molecule has 0 spiro atoms. The number of fused-ring (bicyclic) bond motifs is 7. The Balaban J connectivity index is 1.02. The molecule has 9 nitrogen and oxygen atoms in total. The second-order valence-corrected chi connectivity index (χ2v) is 25.7. The minimum Gasteiger partial charge on any atom is -0.481 e. The van der Waals surface area contributed by atoms with E-state index < -0.39 is 27.1 Å². The Bertz CT molecular complexity index is 1660. The van der Waals surface area contributed by atoms with E-state index in [-0.39, 0.29) is 69.3 Å². The molecule has 8 fully saturated rings. The number of carboxylic acid groups (broad SMARTS) is 1. The molecule has 0 aromatic heterocycles. The molecule has 0 radical (unpaired) electrons. The number of aliphatic hydroxyl groups is 1. The molecule has 8 rings (SSSR count). The number of nitrogens with one attached hydrogen (secondary N) is 1. The van der Waals surface area contributed by atoms with E-state index in [0.29, 0.717) is 48.6 Å². The van der Waals surface area contributed by atoms with Crippen LogP contribution < -0.4 is 5.32 Å².